The quantitative estimate of drug-likeness (QED) is 0.531. The van der Waals surface area contributed by atoms with Gasteiger partial charge in [-0.1, -0.05) is 13.8 Å². The van der Waals surface area contributed by atoms with Gasteiger partial charge in [-0.3, -0.25) is 0 Å². The van der Waals surface area contributed by atoms with Gasteiger partial charge in [-0.25, -0.2) is 0 Å². The van der Waals surface area contributed by atoms with Gasteiger partial charge in [0.25, 0.3) is 0 Å². The van der Waals surface area contributed by atoms with E-state index >= 15 is 0 Å². The summed E-state index contributed by atoms with van der Waals surface area (Å²) in [6.45, 7) is 4.87. The lowest BCUT2D eigenvalue weighted by Gasteiger charge is -2.49. The zero-order valence-electron chi connectivity index (χ0n) is 7.17. The van der Waals surface area contributed by atoms with Crippen LogP contribution in [0.1, 0.15) is 20.3 Å². The zero-order valence-corrected chi connectivity index (χ0v) is 7.17. The minimum absolute atomic E-state index is 0.0187. The van der Waals surface area contributed by atoms with E-state index in [0.29, 0.717) is 12.6 Å². The number of rotatable bonds is 3. The van der Waals surface area contributed by atoms with Crippen molar-refractivity contribution in [3.8, 4) is 0 Å². The summed E-state index contributed by atoms with van der Waals surface area (Å²) in [6, 6.07) is 0.365. The van der Waals surface area contributed by atoms with Gasteiger partial charge in [0.15, 0.2) is 0 Å². The third-order valence-corrected chi connectivity index (χ3v) is 2.72. The molecular weight excluding hydrogens is 142 g/mol. The first-order valence-corrected chi connectivity index (χ1v) is 4.11. The first-order valence-electron chi connectivity index (χ1n) is 4.11. The van der Waals surface area contributed by atoms with Gasteiger partial charge in [-0.05, 0) is 6.42 Å². The molecule has 0 aromatic rings. The van der Waals surface area contributed by atoms with Crippen molar-refractivity contribution in [2.45, 2.75) is 32.4 Å². The molecule has 2 atom stereocenters. The summed E-state index contributed by atoms with van der Waals surface area (Å²) < 4.78 is 0. The number of aliphatic hydroxyl groups is 2. The summed E-state index contributed by atoms with van der Waals surface area (Å²) in [5.41, 5.74) is -0.0187. The molecule has 11 heavy (non-hydrogen) atoms. The van der Waals surface area contributed by atoms with Gasteiger partial charge >= 0.3 is 0 Å². The van der Waals surface area contributed by atoms with Gasteiger partial charge < -0.3 is 15.5 Å². The van der Waals surface area contributed by atoms with Crippen molar-refractivity contribution in [1.82, 2.24) is 5.32 Å². The lowest BCUT2D eigenvalue weighted by Crippen LogP contribution is -2.60. The Morgan fingerprint density at radius 1 is 1.55 bits per heavy atom. The van der Waals surface area contributed by atoms with Crippen LogP contribution >= 0.6 is 0 Å². The van der Waals surface area contributed by atoms with E-state index in [1.807, 2.05) is 13.8 Å². The van der Waals surface area contributed by atoms with Gasteiger partial charge in [0, 0.05) is 18.0 Å². The molecule has 0 aromatic carbocycles. The highest BCUT2D eigenvalue weighted by atomic mass is 16.3. The summed E-state index contributed by atoms with van der Waals surface area (Å²) in [6.07, 6.45) is 0.631. The molecule has 0 saturated heterocycles. The fourth-order valence-corrected chi connectivity index (χ4v) is 1.49. The molecule has 3 heteroatoms. The van der Waals surface area contributed by atoms with E-state index in [1.165, 1.54) is 0 Å². The minimum atomic E-state index is -0.182. The van der Waals surface area contributed by atoms with Crippen LogP contribution in [0.5, 0.6) is 0 Å². The average molecular weight is 159 g/mol. The van der Waals surface area contributed by atoms with Crippen molar-refractivity contribution in [2.75, 3.05) is 13.2 Å². The molecular formula is C8H17NO2. The van der Waals surface area contributed by atoms with Gasteiger partial charge in [0.2, 0.25) is 0 Å². The fraction of sp³-hybridized carbons (Fsp3) is 1.00. The van der Waals surface area contributed by atoms with E-state index in [4.69, 9.17) is 5.11 Å². The smallest absolute Gasteiger partial charge is 0.0621 e. The lowest BCUT2D eigenvalue weighted by atomic mass is 9.64. The standard InChI is InChI=1S/C8H17NO2/c1-8(2)6(5-7(8)11)9-3-4-10/h6-7,9-11H,3-5H2,1-2H3. The Bertz CT molecular complexity index is 136. The molecule has 0 heterocycles. The van der Waals surface area contributed by atoms with Crippen molar-refractivity contribution in [3.63, 3.8) is 0 Å². The summed E-state index contributed by atoms with van der Waals surface area (Å²) in [5, 5.41) is 21.1. The molecule has 0 aromatic heterocycles. The van der Waals surface area contributed by atoms with Crippen molar-refractivity contribution in [1.29, 1.82) is 0 Å². The maximum absolute atomic E-state index is 9.34. The van der Waals surface area contributed by atoms with E-state index in [0.717, 1.165) is 6.42 Å². The molecule has 0 radical (unpaired) electrons. The van der Waals surface area contributed by atoms with Crippen LogP contribution in [0.25, 0.3) is 0 Å². The van der Waals surface area contributed by atoms with Crippen LogP contribution in [0.15, 0.2) is 0 Å². The second-order valence-electron chi connectivity index (χ2n) is 3.80. The summed E-state index contributed by atoms with van der Waals surface area (Å²) in [4.78, 5) is 0. The van der Waals surface area contributed by atoms with Crippen LogP contribution in [0, 0.1) is 5.41 Å². The van der Waals surface area contributed by atoms with Crippen LogP contribution in [0.2, 0.25) is 0 Å². The lowest BCUT2D eigenvalue weighted by molar-refractivity contribution is -0.0730. The first-order chi connectivity index (χ1) is 5.09. The number of hydrogen-bond acceptors (Lipinski definition) is 3. The van der Waals surface area contributed by atoms with Gasteiger partial charge in [0.1, 0.15) is 0 Å². The molecule has 0 spiro atoms. The molecule has 3 N–H and O–H groups in total. The maximum Gasteiger partial charge on any atom is 0.0621 e. The topological polar surface area (TPSA) is 52.5 Å². The molecule has 0 bridgehead atoms. The Kier molecular flexibility index (Phi) is 2.52. The van der Waals surface area contributed by atoms with Crippen LogP contribution in [0.4, 0.5) is 0 Å². The van der Waals surface area contributed by atoms with Gasteiger partial charge in [-0.2, -0.15) is 0 Å². The van der Waals surface area contributed by atoms with Crippen molar-refractivity contribution >= 4 is 0 Å². The van der Waals surface area contributed by atoms with Crippen LogP contribution in [-0.2, 0) is 0 Å². The second kappa shape index (κ2) is 3.09. The monoisotopic (exact) mass is 159 g/mol. The first kappa shape index (κ1) is 8.97. The van der Waals surface area contributed by atoms with E-state index in [2.05, 4.69) is 5.32 Å². The van der Waals surface area contributed by atoms with Crippen molar-refractivity contribution in [2.24, 2.45) is 5.41 Å². The predicted molar refractivity (Wildman–Crippen MR) is 43.3 cm³/mol. The Hall–Kier alpha value is -0.120. The molecule has 1 aliphatic rings. The number of hydrogen-bond donors (Lipinski definition) is 3. The van der Waals surface area contributed by atoms with Crippen LogP contribution < -0.4 is 5.32 Å². The molecule has 1 rings (SSSR count). The Labute approximate surface area is 67.4 Å². The summed E-state index contributed by atoms with van der Waals surface area (Å²) in [5.74, 6) is 0. The average Bonchev–Trinajstić information content (AvgIpc) is 1.97. The Balaban J connectivity index is 2.28. The molecule has 0 amide bonds. The molecule has 0 aliphatic heterocycles. The molecule has 2 unspecified atom stereocenters. The van der Waals surface area contributed by atoms with E-state index in [9.17, 15) is 5.11 Å². The molecule has 1 fully saturated rings. The third-order valence-electron chi connectivity index (χ3n) is 2.72. The van der Waals surface area contributed by atoms with Crippen molar-refractivity contribution < 1.29 is 10.2 Å². The molecule has 1 aliphatic carbocycles. The number of aliphatic hydroxyl groups excluding tert-OH is 2. The van der Waals surface area contributed by atoms with E-state index in [1.54, 1.807) is 0 Å². The zero-order chi connectivity index (χ0) is 8.48. The number of nitrogens with one attached hydrogen (secondary N) is 1. The van der Waals surface area contributed by atoms with E-state index < -0.39 is 0 Å². The maximum atomic E-state index is 9.34. The Morgan fingerprint density at radius 2 is 2.18 bits per heavy atom. The molecule has 1 saturated carbocycles. The second-order valence-corrected chi connectivity index (χ2v) is 3.80. The van der Waals surface area contributed by atoms with E-state index in [-0.39, 0.29) is 18.1 Å². The van der Waals surface area contributed by atoms with Crippen LogP contribution in [0.3, 0.4) is 0 Å². The van der Waals surface area contributed by atoms with Gasteiger partial charge in [-0.15, -0.1) is 0 Å². The summed E-state index contributed by atoms with van der Waals surface area (Å²) in [7, 11) is 0. The molecule has 66 valence electrons. The SMILES string of the molecule is CC1(C)C(O)CC1NCCO. The normalized spacial score (nSPS) is 34.9. The van der Waals surface area contributed by atoms with Crippen LogP contribution in [-0.4, -0.2) is 35.5 Å². The highest BCUT2D eigenvalue weighted by Crippen LogP contribution is 2.40. The summed E-state index contributed by atoms with van der Waals surface area (Å²) >= 11 is 0. The minimum Gasteiger partial charge on any atom is -0.395 e. The predicted octanol–water partition coefficient (Wildman–Crippen LogP) is -0.272. The van der Waals surface area contributed by atoms with Gasteiger partial charge in [0.05, 0.1) is 12.7 Å². The highest BCUT2D eigenvalue weighted by Gasteiger charge is 2.46. The fourth-order valence-electron chi connectivity index (χ4n) is 1.49. The molecule has 3 nitrogen and oxygen atoms in total. The largest absolute Gasteiger partial charge is 0.395 e. The highest BCUT2D eigenvalue weighted by molar-refractivity contribution is 5.01. The Morgan fingerprint density at radius 3 is 2.55 bits per heavy atom. The third kappa shape index (κ3) is 1.55. The van der Waals surface area contributed by atoms with Crippen molar-refractivity contribution in [3.05, 3.63) is 0 Å².